The van der Waals surface area contributed by atoms with Crippen molar-refractivity contribution in [2.75, 3.05) is 7.11 Å². The maximum atomic E-state index is 13.4. The van der Waals surface area contributed by atoms with Crippen molar-refractivity contribution in [3.63, 3.8) is 0 Å². The fourth-order valence-electron chi connectivity index (χ4n) is 4.00. The molecule has 1 heterocycles. The van der Waals surface area contributed by atoms with Gasteiger partial charge in [-0.2, -0.15) is 0 Å². The topological polar surface area (TPSA) is 77.0 Å². The Morgan fingerprint density at radius 3 is 2.24 bits per heavy atom. The van der Waals surface area contributed by atoms with Crippen LogP contribution in [0.2, 0.25) is 18.1 Å². The predicted octanol–water partition coefficient (Wildman–Crippen LogP) is 5.25. The second-order valence-corrected chi connectivity index (χ2v) is 17.2. The maximum absolute atomic E-state index is 13.4. The van der Waals surface area contributed by atoms with Crippen molar-refractivity contribution < 1.29 is 23.8 Å². The van der Waals surface area contributed by atoms with E-state index < -0.39 is 25.6 Å². The molecule has 0 fully saturated rings. The van der Waals surface area contributed by atoms with Gasteiger partial charge in [-0.25, -0.2) is 0 Å². The molecule has 0 aromatic heterocycles. The van der Waals surface area contributed by atoms with Gasteiger partial charge < -0.3 is 24.3 Å². The quantitative estimate of drug-likeness (QED) is 0.522. The summed E-state index contributed by atoms with van der Waals surface area (Å²) in [7, 11) is -0.430. The molecule has 6 nitrogen and oxygen atoms in total. The van der Waals surface area contributed by atoms with E-state index in [9.17, 15) is 9.90 Å². The lowest BCUT2D eigenvalue weighted by Crippen LogP contribution is -2.53. The second-order valence-electron chi connectivity index (χ2n) is 12.5. The molecule has 1 aliphatic rings. The summed E-state index contributed by atoms with van der Waals surface area (Å²) in [5.41, 5.74) is 1.10. The van der Waals surface area contributed by atoms with Gasteiger partial charge in [0.1, 0.15) is 17.6 Å². The van der Waals surface area contributed by atoms with Crippen molar-refractivity contribution in [1.29, 1.82) is 0 Å². The molecule has 1 amide bonds. The zero-order chi connectivity index (χ0) is 25.6. The number of hydrogen-bond acceptors (Lipinski definition) is 5. The Kier molecular flexibility index (Phi) is 7.74. The average molecular weight is 480 g/mol. The molecule has 1 aliphatic heterocycles. The summed E-state index contributed by atoms with van der Waals surface area (Å²) in [4.78, 5) is 13.4. The van der Waals surface area contributed by atoms with E-state index in [1.54, 1.807) is 14.0 Å². The van der Waals surface area contributed by atoms with E-state index in [1.807, 2.05) is 26.8 Å². The van der Waals surface area contributed by atoms with Gasteiger partial charge in [0.2, 0.25) is 0 Å². The lowest BCUT2D eigenvalue weighted by Gasteiger charge is -2.44. The monoisotopic (exact) mass is 479 g/mol. The maximum Gasteiger partial charge on any atom is 0.255 e. The van der Waals surface area contributed by atoms with Gasteiger partial charge in [0.15, 0.2) is 8.32 Å². The molecule has 0 radical (unpaired) electrons. The second kappa shape index (κ2) is 9.23. The zero-order valence-electron chi connectivity index (χ0n) is 22.7. The molecule has 0 aliphatic carbocycles. The van der Waals surface area contributed by atoms with Gasteiger partial charge in [0.05, 0.1) is 24.4 Å². The third kappa shape index (κ3) is 6.31. The summed E-state index contributed by atoms with van der Waals surface area (Å²) >= 11 is 0. The first-order chi connectivity index (χ1) is 14.8. The summed E-state index contributed by atoms with van der Waals surface area (Å²) in [5.74, 6) is 1.02. The minimum Gasteiger partial charge on any atom is -0.496 e. The molecule has 2 rings (SSSR count). The molecule has 0 bridgehead atoms. The number of ether oxygens (including phenoxy) is 2. The van der Waals surface area contributed by atoms with Gasteiger partial charge in [-0.1, -0.05) is 20.8 Å². The number of methoxy groups -OCH3 is 1. The van der Waals surface area contributed by atoms with Crippen LogP contribution in [0, 0.1) is 0 Å². The van der Waals surface area contributed by atoms with Gasteiger partial charge in [0.25, 0.3) is 5.91 Å². The lowest BCUT2D eigenvalue weighted by molar-refractivity contribution is -0.0126. The van der Waals surface area contributed by atoms with Gasteiger partial charge in [-0.05, 0) is 77.7 Å². The standard InChI is InChI=1S/C26H45NO5Si/c1-16(28)13-17-14-19(30-10)18-15-20(26(8,9)32-33(11,12)25(5,6)7)31-22(18)21(17)23(29)27-24(2,3)4/h14,16,20,28H,13,15H2,1-12H3,(H,27,29)/t16-,20-/m0/s1. The molecule has 0 unspecified atom stereocenters. The number of rotatable bonds is 7. The highest BCUT2D eigenvalue weighted by Gasteiger charge is 2.47. The predicted molar refractivity (Wildman–Crippen MR) is 136 cm³/mol. The van der Waals surface area contributed by atoms with Crippen molar-refractivity contribution in [3.8, 4) is 11.5 Å². The van der Waals surface area contributed by atoms with Crippen LogP contribution in [-0.2, 0) is 17.3 Å². The Morgan fingerprint density at radius 2 is 1.79 bits per heavy atom. The number of carbonyl (C=O) groups excluding carboxylic acids is 1. The Balaban J connectivity index is 2.55. The summed E-state index contributed by atoms with van der Waals surface area (Å²) < 4.78 is 19.0. The van der Waals surface area contributed by atoms with E-state index in [1.165, 1.54) is 0 Å². The van der Waals surface area contributed by atoms with Gasteiger partial charge in [-0.15, -0.1) is 0 Å². The largest absolute Gasteiger partial charge is 0.496 e. The molecular formula is C26H45NO5Si. The number of amides is 1. The minimum absolute atomic E-state index is 0.0651. The highest BCUT2D eigenvalue weighted by atomic mass is 28.4. The van der Waals surface area contributed by atoms with Crippen LogP contribution in [0.3, 0.4) is 0 Å². The van der Waals surface area contributed by atoms with E-state index in [0.29, 0.717) is 35.5 Å². The summed E-state index contributed by atoms with van der Waals surface area (Å²) in [6.45, 7) is 22.8. The van der Waals surface area contributed by atoms with E-state index in [-0.39, 0.29) is 17.0 Å². The van der Waals surface area contributed by atoms with E-state index in [2.05, 4.69) is 53.0 Å². The molecule has 1 aromatic carbocycles. The number of fused-ring (bicyclic) bond motifs is 1. The number of hydrogen-bond donors (Lipinski definition) is 2. The summed E-state index contributed by atoms with van der Waals surface area (Å²) in [5, 5.41) is 13.2. The van der Waals surface area contributed by atoms with Gasteiger partial charge in [0, 0.05) is 17.5 Å². The Hall–Kier alpha value is -1.57. The molecule has 188 valence electrons. The van der Waals surface area contributed by atoms with Gasteiger partial charge >= 0.3 is 0 Å². The van der Waals surface area contributed by atoms with E-state index >= 15 is 0 Å². The highest BCUT2D eigenvalue weighted by Crippen LogP contribution is 2.46. The molecule has 0 spiro atoms. The summed E-state index contributed by atoms with van der Waals surface area (Å²) in [6.07, 6.45) is 0.0438. The van der Waals surface area contributed by atoms with Crippen molar-refractivity contribution in [2.24, 2.45) is 0 Å². The number of nitrogens with one attached hydrogen (secondary N) is 1. The molecule has 0 saturated carbocycles. The number of carbonyl (C=O) groups is 1. The van der Waals surface area contributed by atoms with Crippen LogP contribution < -0.4 is 14.8 Å². The lowest BCUT2D eigenvalue weighted by atomic mass is 9.92. The Morgan fingerprint density at radius 1 is 1.21 bits per heavy atom. The number of benzene rings is 1. The fraction of sp³-hybridized carbons (Fsp3) is 0.731. The molecule has 1 aromatic rings. The first-order valence-electron chi connectivity index (χ1n) is 11.9. The molecule has 0 saturated heterocycles. The Bertz CT molecular complexity index is 878. The van der Waals surface area contributed by atoms with E-state index in [0.717, 1.165) is 5.56 Å². The first-order valence-corrected chi connectivity index (χ1v) is 14.8. The van der Waals surface area contributed by atoms with Crippen LogP contribution in [0.4, 0.5) is 0 Å². The van der Waals surface area contributed by atoms with Crippen molar-refractivity contribution in [3.05, 3.63) is 22.8 Å². The Labute approximate surface area is 201 Å². The fourth-order valence-corrected chi connectivity index (χ4v) is 5.75. The third-order valence-electron chi connectivity index (χ3n) is 6.63. The molecule has 2 atom stereocenters. The van der Waals surface area contributed by atoms with Crippen LogP contribution in [-0.4, -0.2) is 49.8 Å². The van der Waals surface area contributed by atoms with Gasteiger partial charge in [-0.3, -0.25) is 4.79 Å². The molecule has 7 heteroatoms. The first kappa shape index (κ1) is 27.7. The van der Waals surface area contributed by atoms with Crippen molar-refractivity contribution in [1.82, 2.24) is 5.32 Å². The highest BCUT2D eigenvalue weighted by molar-refractivity contribution is 6.74. The minimum atomic E-state index is -2.06. The smallest absolute Gasteiger partial charge is 0.255 e. The van der Waals surface area contributed by atoms with E-state index in [4.69, 9.17) is 13.9 Å². The summed E-state index contributed by atoms with van der Waals surface area (Å²) in [6, 6.07) is 1.87. The average Bonchev–Trinajstić information content (AvgIpc) is 3.02. The van der Waals surface area contributed by atoms with Crippen LogP contribution >= 0.6 is 0 Å². The van der Waals surface area contributed by atoms with Crippen molar-refractivity contribution >= 4 is 14.2 Å². The number of aliphatic hydroxyl groups excluding tert-OH is 1. The van der Waals surface area contributed by atoms with Crippen LogP contribution in [0.5, 0.6) is 11.5 Å². The van der Waals surface area contributed by atoms with Crippen LogP contribution in [0.15, 0.2) is 6.07 Å². The van der Waals surface area contributed by atoms with Crippen molar-refractivity contribution in [2.45, 2.75) is 117 Å². The molecule has 2 N–H and O–H groups in total. The van der Waals surface area contributed by atoms with Crippen LogP contribution in [0.25, 0.3) is 0 Å². The normalized spacial score (nSPS) is 17.9. The van der Waals surface area contributed by atoms with Crippen LogP contribution in [0.1, 0.15) is 83.8 Å². The zero-order valence-corrected chi connectivity index (χ0v) is 23.7. The SMILES string of the molecule is COc1cc(C[C@H](C)O)c(C(=O)NC(C)(C)C)c2c1C[C@@H](C(C)(C)O[Si](C)(C)C(C)(C)C)O2. The number of aliphatic hydroxyl groups is 1. The third-order valence-corrected chi connectivity index (χ3v) is 11.3. The molecule has 33 heavy (non-hydrogen) atoms. The molecular weight excluding hydrogens is 434 g/mol.